The Morgan fingerprint density at radius 2 is 2.14 bits per heavy atom. The smallest absolute Gasteiger partial charge is 0.150 e. The number of aromatic nitrogens is 2. The number of aryl methyl sites for hydroxylation is 1. The lowest BCUT2D eigenvalue weighted by molar-refractivity contribution is 0.752. The Kier molecular flexibility index (Phi) is 4.01. The minimum atomic E-state index is 0.266. The van der Waals surface area contributed by atoms with Crippen molar-refractivity contribution in [1.29, 1.82) is 0 Å². The topological polar surface area (TPSA) is 67.1 Å². The van der Waals surface area contributed by atoms with Crippen molar-refractivity contribution in [2.75, 3.05) is 23.3 Å². The van der Waals surface area contributed by atoms with E-state index in [9.17, 15) is 0 Å². The summed E-state index contributed by atoms with van der Waals surface area (Å²) in [6.45, 7) is 4.72. The summed E-state index contributed by atoms with van der Waals surface area (Å²) in [5.74, 6) is 0.800. The molecule has 1 aliphatic heterocycles. The Morgan fingerprint density at radius 1 is 1.33 bits per heavy atom. The monoisotopic (exact) mass is 283 g/mol. The summed E-state index contributed by atoms with van der Waals surface area (Å²) in [5.41, 5.74) is 9.54. The molecule has 3 N–H and O–H groups in total. The first kappa shape index (κ1) is 13.8. The number of hydrogen-bond donors (Lipinski definition) is 2. The van der Waals surface area contributed by atoms with Crippen LogP contribution < -0.4 is 16.0 Å². The number of anilines is 2. The van der Waals surface area contributed by atoms with Gasteiger partial charge in [-0.25, -0.2) is 0 Å². The summed E-state index contributed by atoms with van der Waals surface area (Å²) >= 11 is 0. The van der Waals surface area contributed by atoms with E-state index < -0.39 is 0 Å². The molecule has 0 saturated carbocycles. The summed E-state index contributed by atoms with van der Waals surface area (Å²) in [6, 6.07) is 10.8. The summed E-state index contributed by atoms with van der Waals surface area (Å²) in [6.07, 6.45) is 2.84. The highest BCUT2D eigenvalue weighted by atomic mass is 15.2. The van der Waals surface area contributed by atoms with Gasteiger partial charge in [-0.1, -0.05) is 29.8 Å². The van der Waals surface area contributed by atoms with Crippen molar-refractivity contribution >= 4 is 11.5 Å². The number of nitrogens with two attached hydrogens (primary N) is 1. The maximum atomic E-state index is 5.95. The van der Waals surface area contributed by atoms with Gasteiger partial charge in [-0.15, -0.1) is 5.10 Å². The average molecular weight is 283 g/mol. The molecular formula is C16H21N5. The van der Waals surface area contributed by atoms with Crippen LogP contribution >= 0.6 is 0 Å². The zero-order valence-corrected chi connectivity index (χ0v) is 12.3. The number of rotatable bonds is 4. The number of nitrogens with zero attached hydrogens (tertiary/aromatic N) is 3. The van der Waals surface area contributed by atoms with Gasteiger partial charge in [0.25, 0.3) is 0 Å². The first-order valence-corrected chi connectivity index (χ1v) is 7.33. The summed E-state index contributed by atoms with van der Waals surface area (Å²) in [5, 5.41) is 11.6. The molecular weight excluding hydrogens is 262 g/mol. The van der Waals surface area contributed by atoms with Gasteiger partial charge in [-0.2, -0.15) is 5.10 Å². The largest absolute Gasteiger partial charge is 0.369 e. The molecule has 1 fully saturated rings. The van der Waals surface area contributed by atoms with Crippen LogP contribution in [0.3, 0.4) is 0 Å². The van der Waals surface area contributed by atoms with E-state index in [0.717, 1.165) is 37.6 Å². The molecule has 1 aromatic heterocycles. The van der Waals surface area contributed by atoms with E-state index in [1.165, 1.54) is 11.1 Å². The van der Waals surface area contributed by atoms with Crippen molar-refractivity contribution in [1.82, 2.24) is 10.2 Å². The molecule has 0 unspecified atom stereocenters. The molecule has 3 rings (SSSR count). The number of nitrogens with one attached hydrogen (secondary N) is 1. The van der Waals surface area contributed by atoms with E-state index in [1.807, 2.05) is 6.07 Å². The molecule has 1 saturated heterocycles. The maximum absolute atomic E-state index is 5.95. The van der Waals surface area contributed by atoms with Crippen LogP contribution in [0.2, 0.25) is 0 Å². The lowest BCUT2D eigenvalue weighted by Gasteiger charge is -2.18. The van der Waals surface area contributed by atoms with Crippen molar-refractivity contribution in [2.45, 2.75) is 25.9 Å². The molecule has 0 amide bonds. The normalized spacial score (nSPS) is 18.0. The molecule has 5 heteroatoms. The van der Waals surface area contributed by atoms with Crippen molar-refractivity contribution in [3.63, 3.8) is 0 Å². The molecule has 2 heterocycles. The van der Waals surface area contributed by atoms with E-state index >= 15 is 0 Å². The summed E-state index contributed by atoms with van der Waals surface area (Å²) in [4.78, 5) is 2.26. The van der Waals surface area contributed by atoms with E-state index in [0.29, 0.717) is 0 Å². The lowest BCUT2D eigenvalue weighted by atomic mass is 10.1. The van der Waals surface area contributed by atoms with E-state index in [4.69, 9.17) is 5.73 Å². The van der Waals surface area contributed by atoms with Gasteiger partial charge in [0, 0.05) is 31.7 Å². The fourth-order valence-electron chi connectivity index (χ4n) is 2.54. The highest BCUT2D eigenvalue weighted by molar-refractivity contribution is 5.53. The first-order chi connectivity index (χ1) is 10.2. The molecule has 0 spiro atoms. The minimum Gasteiger partial charge on any atom is -0.369 e. The van der Waals surface area contributed by atoms with Crippen LogP contribution in [0.15, 0.2) is 36.5 Å². The molecule has 2 aromatic rings. The zero-order valence-electron chi connectivity index (χ0n) is 12.3. The standard InChI is InChI=1S/C16H21N5/c1-12-2-4-13(5-3-12)9-18-16-8-15(10-19-20-16)21-7-6-14(17)11-21/h2-5,8,10,14H,6-7,9,11,17H2,1H3,(H,18,20)/t14-/m1/s1. The third-order valence-corrected chi connectivity index (χ3v) is 3.82. The Morgan fingerprint density at radius 3 is 2.86 bits per heavy atom. The van der Waals surface area contributed by atoms with Crippen molar-refractivity contribution in [3.8, 4) is 0 Å². The quantitative estimate of drug-likeness (QED) is 0.897. The Bertz CT molecular complexity index is 596. The van der Waals surface area contributed by atoms with Gasteiger partial charge in [-0.3, -0.25) is 0 Å². The number of benzene rings is 1. The predicted molar refractivity (Wildman–Crippen MR) is 85.3 cm³/mol. The second-order valence-electron chi connectivity index (χ2n) is 5.63. The Labute approximate surface area is 125 Å². The zero-order chi connectivity index (χ0) is 14.7. The van der Waals surface area contributed by atoms with Gasteiger partial charge < -0.3 is 16.0 Å². The Balaban J connectivity index is 1.64. The molecule has 0 aliphatic carbocycles. The van der Waals surface area contributed by atoms with Crippen molar-refractivity contribution in [3.05, 3.63) is 47.7 Å². The third kappa shape index (κ3) is 3.49. The fraction of sp³-hybridized carbons (Fsp3) is 0.375. The van der Waals surface area contributed by atoms with Crippen LogP contribution in [-0.4, -0.2) is 29.3 Å². The number of hydrogen-bond acceptors (Lipinski definition) is 5. The van der Waals surface area contributed by atoms with Crippen LogP contribution in [0.1, 0.15) is 17.5 Å². The van der Waals surface area contributed by atoms with Crippen molar-refractivity contribution in [2.24, 2.45) is 5.73 Å². The SMILES string of the molecule is Cc1ccc(CNc2cc(N3CC[C@@H](N)C3)cnn2)cc1. The van der Waals surface area contributed by atoms with E-state index in [2.05, 4.69) is 51.6 Å². The second kappa shape index (κ2) is 6.10. The molecule has 1 aliphatic rings. The molecule has 0 bridgehead atoms. The van der Waals surface area contributed by atoms with Gasteiger partial charge in [0.2, 0.25) is 0 Å². The van der Waals surface area contributed by atoms with Crippen LogP contribution in [0.25, 0.3) is 0 Å². The second-order valence-corrected chi connectivity index (χ2v) is 5.63. The van der Waals surface area contributed by atoms with E-state index in [1.54, 1.807) is 6.20 Å². The van der Waals surface area contributed by atoms with Gasteiger partial charge in [-0.05, 0) is 18.9 Å². The van der Waals surface area contributed by atoms with Crippen LogP contribution in [-0.2, 0) is 6.54 Å². The Hall–Kier alpha value is -2.14. The van der Waals surface area contributed by atoms with Crippen LogP contribution in [0.5, 0.6) is 0 Å². The maximum Gasteiger partial charge on any atom is 0.150 e. The predicted octanol–water partition coefficient (Wildman–Crippen LogP) is 1.93. The molecule has 1 atom stereocenters. The molecule has 5 nitrogen and oxygen atoms in total. The molecule has 0 radical (unpaired) electrons. The fourth-order valence-corrected chi connectivity index (χ4v) is 2.54. The van der Waals surface area contributed by atoms with Crippen molar-refractivity contribution < 1.29 is 0 Å². The highest BCUT2D eigenvalue weighted by Gasteiger charge is 2.19. The highest BCUT2D eigenvalue weighted by Crippen LogP contribution is 2.20. The molecule has 110 valence electrons. The molecule has 21 heavy (non-hydrogen) atoms. The van der Waals surface area contributed by atoms with Crippen LogP contribution in [0, 0.1) is 6.92 Å². The third-order valence-electron chi connectivity index (χ3n) is 3.82. The average Bonchev–Trinajstić information content (AvgIpc) is 2.94. The summed E-state index contributed by atoms with van der Waals surface area (Å²) < 4.78 is 0. The first-order valence-electron chi connectivity index (χ1n) is 7.33. The lowest BCUT2D eigenvalue weighted by Crippen LogP contribution is -2.26. The van der Waals surface area contributed by atoms with Gasteiger partial charge >= 0.3 is 0 Å². The molecule has 1 aromatic carbocycles. The van der Waals surface area contributed by atoms with Crippen LogP contribution in [0.4, 0.5) is 11.5 Å². The van der Waals surface area contributed by atoms with Gasteiger partial charge in [0.1, 0.15) is 0 Å². The van der Waals surface area contributed by atoms with Gasteiger partial charge in [0.15, 0.2) is 5.82 Å². The van der Waals surface area contributed by atoms with E-state index in [-0.39, 0.29) is 6.04 Å². The van der Waals surface area contributed by atoms with Gasteiger partial charge in [0.05, 0.1) is 11.9 Å². The summed E-state index contributed by atoms with van der Waals surface area (Å²) in [7, 11) is 0. The minimum absolute atomic E-state index is 0.266.